The van der Waals surface area contributed by atoms with Crippen LogP contribution < -0.4 is 4.74 Å². The first-order valence-electron chi connectivity index (χ1n) is 9.10. The minimum atomic E-state index is 0.199. The summed E-state index contributed by atoms with van der Waals surface area (Å²) < 4.78 is 7.19. The maximum absolute atomic E-state index is 10.1. The van der Waals surface area contributed by atoms with Gasteiger partial charge in [-0.25, -0.2) is 9.50 Å². The highest BCUT2D eigenvalue weighted by molar-refractivity contribution is 5.45. The SMILES string of the molecule is COc1ccc(CN2C3CCC2c2cnc4cc(C)nn4c2C3)cc1O. The zero-order valence-electron chi connectivity index (χ0n) is 15.0. The summed E-state index contributed by atoms with van der Waals surface area (Å²) in [6.07, 6.45) is 5.36. The first kappa shape index (κ1) is 15.6. The third-order valence-electron chi connectivity index (χ3n) is 5.78. The number of hydrogen-bond acceptors (Lipinski definition) is 5. The minimum Gasteiger partial charge on any atom is -0.504 e. The molecule has 1 N–H and O–H groups in total. The van der Waals surface area contributed by atoms with Crippen molar-refractivity contribution in [2.75, 3.05) is 7.11 Å². The molecule has 26 heavy (non-hydrogen) atoms. The van der Waals surface area contributed by atoms with Crippen molar-refractivity contribution < 1.29 is 9.84 Å². The van der Waals surface area contributed by atoms with Gasteiger partial charge in [0.25, 0.3) is 0 Å². The van der Waals surface area contributed by atoms with Crippen molar-refractivity contribution in [3.8, 4) is 11.5 Å². The van der Waals surface area contributed by atoms with Gasteiger partial charge < -0.3 is 9.84 Å². The standard InChI is InChI=1S/C20H22N4O2/c1-12-7-20-21-10-15-16-5-4-14(9-17(15)24(20)22-12)23(16)11-13-3-6-19(26-2)18(25)8-13/h3,6-8,10,14,16,25H,4-5,9,11H2,1-2H3. The van der Waals surface area contributed by atoms with E-state index in [9.17, 15) is 5.11 Å². The van der Waals surface area contributed by atoms with Gasteiger partial charge in [-0.3, -0.25) is 4.90 Å². The van der Waals surface area contributed by atoms with Gasteiger partial charge in [-0.2, -0.15) is 5.10 Å². The van der Waals surface area contributed by atoms with Gasteiger partial charge in [0.2, 0.25) is 0 Å². The fourth-order valence-corrected chi connectivity index (χ4v) is 4.59. The van der Waals surface area contributed by atoms with Crippen LogP contribution >= 0.6 is 0 Å². The van der Waals surface area contributed by atoms with E-state index in [0.717, 1.165) is 36.3 Å². The number of fused-ring (bicyclic) bond motifs is 6. The molecule has 1 fully saturated rings. The molecule has 6 heteroatoms. The second-order valence-electron chi connectivity index (χ2n) is 7.35. The van der Waals surface area contributed by atoms with Gasteiger partial charge in [0.05, 0.1) is 18.5 Å². The third kappa shape index (κ3) is 2.29. The Bertz CT molecular complexity index is 997. The van der Waals surface area contributed by atoms with E-state index < -0.39 is 0 Å². The van der Waals surface area contributed by atoms with Crippen LogP contribution in [0.1, 0.15) is 41.4 Å². The van der Waals surface area contributed by atoms with Crippen LogP contribution in [0, 0.1) is 6.92 Å². The number of rotatable bonds is 3. The zero-order chi connectivity index (χ0) is 17.8. The van der Waals surface area contributed by atoms with Crippen LogP contribution in [0.3, 0.4) is 0 Å². The fourth-order valence-electron chi connectivity index (χ4n) is 4.59. The number of nitrogens with zero attached hydrogens (tertiary/aromatic N) is 4. The van der Waals surface area contributed by atoms with Gasteiger partial charge in [0, 0.05) is 42.9 Å². The molecule has 2 aliphatic rings. The highest BCUT2D eigenvalue weighted by Gasteiger charge is 2.41. The Balaban J connectivity index is 1.49. The number of aromatic hydroxyl groups is 1. The van der Waals surface area contributed by atoms with Crippen LogP contribution in [0.25, 0.3) is 5.65 Å². The number of hydrogen-bond donors (Lipinski definition) is 1. The Morgan fingerprint density at radius 3 is 2.96 bits per heavy atom. The van der Waals surface area contributed by atoms with Crippen molar-refractivity contribution in [3.63, 3.8) is 0 Å². The quantitative estimate of drug-likeness (QED) is 0.787. The van der Waals surface area contributed by atoms with Crippen LogP contribution in [0.4, 0.5) is 0 Å². The maximum atomic E-state index is 10.1. The van der Waals surface area contributed by atoms with E-state index in [1.807, 2.05) is 41.9 Å². The Labute approximate surface area is 152 Å². The summed E-state index contributed by atoms with van der Waals surface area (Å²) in [4.78, 5) is 7.18. The lowest BCUT2D eigenvalue weighted by molar-refractivity contribution is 0.165. The van der Waals surface area contributed by atoms with Crippen LogP contribution in [-0.4, -0.2) is 37.8 Å². The Morgan fingerprint density at radius 2 is 2.15 bits per heavy atom. The third-order valence-corrected chi connectivity index (χ3v) is 5.78. The average molecular weight is 350 g/mol. The second kappa shape index (κ2) is 5.71. The molecule has 0 aliphatic carbocycles. The van der Waals surface area contributed by atoms with E-state index in [0.29, 0.717) is 17.8 Å². The first-order valence-corrected chi connectivity index (χ1v) is 9.10. The lowest BCUT2D eigenvalue weighted by Gasteiger charge is -2.36. The van der Waals surface area contributed by atoms with Gasteiger partial charge in [0.15, 0.2) is 17.1 Å². The highest BCUT2D eigenvalue weighted by atomic mass is 16.5. The maximum Gasteiger partial charge on any atom is 0.160 e. The van der Waals surface area contributed by atoms with Crippen molar-refractivity contribution in [2.45, 2.75) is 44.8 Å². The number of methoxy groups -OCH3 is 1. The van der Waals surface area contributed by atoms with E-state index in [-0.39, 0.29) is 5.75 Å². The normalized spacial score (nSPS) is 21.9. The smallest absolute Gasteiger partial charge is 0.160 e. The predicted molar refractivity (Wildman–Crippen MR) is 97.4 cm³/mol. The number of aryl methyl sites for hydroxylation is 1. The molecule has 1 aromatic carbocycles. The molecule has 2 unspecified atom stereocenters. The van der Waals surface area contributed by atoms with Crippen molar-refractivity contribution in [3.05, 3.63) is 53.0 Å². The summed E-state index contributed by atoms with van der Waals surface area (Å²) in [6, 6.07) is 8.59. The van der Waals surface area contributed by atoms with E-state index in [1.165, 1.54) is 17.7 Å². The van der Waals surface area contributed by atoms with E-state index in [2.05, 4.69) is 15.0 Å². The van der Waals surface area contributed by atoms with Crippen LogP contribution in [0.2, 0.25) is 0 Å². The van der Waals surface area contributed by atoms with Gasteiger partial charge in [-0.05, 0) is 37.5 Å². The van der Waals surface area contributed by atoms with Gasteiger partial charge >= 0.3 is 0 Å². The molecule has 2 aliphatic heterocycles. The Morgan fingerprint density at radius 1 is 1.27 bits per heavy atom. The van der Waals surface area contributed by atoms with E-state index in [1.54, 1.807) is 7.11 Å². The van der Waals surface area contributed by atoms with Crippen molar-refractivity contribution >= 4 is 5.65 Å². The number of ether oxygens (including phenoxy) is 1. The Hall–Kier alpha value is -2.60. The predicted octanol–water partition coefficient (Wildman–Crippen LogP) is 3.01. The van der Waals surface area contributed by atoms with Gasteiger partial charge in [-0.15, -0.1) is 0 Å². The van der Waals surface area contributed by atoms with Crippen LogP contribution in [0.15, 0.2) is 30.5 Å². The molecule has 134 valence electrons. The average Bonchev–Trinajstić information content (AvgIpc) is 3.13. The summed E-state index contributed by atoms with van der Waals surface area (Å²) in [5, 5.41) is 14.7. The molecule has 3 aromatic rings. The largest absolute Gasteiger partial charge is 0.504 e. The summed E-state index contributed by atoms with van der Waals surface area (Å²) in [6.45, 7) is 2.84. The van der Waals surface area contributed by atoms with Crippen LogP contribution in [0.5, 0.6) is 11.5 Å². The summed E-state index contributed by atoms with van der Waals surface area (Å²) in [5.74, 6) is 0.714. The molecule has 0 spiro atoms. The van der Waals surface area contributed by atoms with Crippen molar-refractivity contribution in [1.82, 2.24) is 19.5 Å². The second-order valence-corrected chi connectivity index (χ2v) is 7.35. The van der Waals surface area contributed by atoms with Gasteiger partial charge in [0.1, 0.15) is 0 Å². The molecule has 5 rings (SSSR count). The molecule has 2 aromatic heterocycles. The molecule has 0 amide bonds. The van der Waals surface area contributed by atoms with Crippen LogP contribution in [-0.2, 0) is 13.0 Å². The molecular weight excluding hydrogens is 328 g/mol. The first-order chi connectivity index (χ1) is 12.6. The summed E-state index contributed by atoms with van der Waals surface area (Å²) in [5.41, 5.74) is 5.66. The van der Waals surface area contributed by atoms with E-state index in [4.69, 9.17) is 4.74 Å². The van der Waals surface area contributed by atoms with Crippen molar-refractivity contribution in [1.29, 1.82) is 0 Å². The molecule has 2 bridgehead atoms. The lowest BCUT2D eigenvalue weighted by atomic mass is 9.98. The Kier molecular flexibility index (Phi) is 3.43. The number of benzene rings is 1. The fraction of sp³-hybridized carbons (Fsp3) is 0.400. The van der Waals surface area contributed by atoms with Gasteiger partial charge in [-0.1, -0.05) is 6.07 Å². The molecular formula is C20H22N4O2. The molecule has 2 atom stereocenters. The van der Waals surface area contributed by atoms with Crippen molar-refractivity contribution in [2.24, 2.45) is 0 Å². The molecule has 0 saturated carbocycles. The number of phenolic OH excluding ortho intramolecular Hbond substituents is 1. The number of aromatic nitrogens is 3. The molecule has 4 heterocycles. The monoisotopic (exact) mass is 350 g/mol. The molecule has 0 radical (unpaired) electrons. The lowest BCUT2D eigenvalue weighted by Crippen LogP contribution is -2.38. The topological polar surface area (TPSA) is 62.9 Å². The molecule has 1 saturated heterocycles. The minimum absolute atomic E-state index is 0.199. The zero-order valence-corrected chi connectivity index (χ0v) is 15.0. The van der Waals surface area contributed by atoms with E-state index >= 15 is 0 Å². The highest BCUT2D eigenvalue weighted by Crippen LogP contribution is 2.44. The summed E-state index contributed by atoms with van der Waals surface area (Å²) >= 11 is 0. The summed E-state index contributed by atoms with van der Waals surface area (Å²) in [7, 11) is 1.57. The number of phenols is 1. The molecule has 6 nitrogen and oxygen atoms in total.